The fourth-order valence-corrected chi connectivity index (χ4v) is 1.81. The highest BCUT2D eigenvalue weighted by Gasteiger charge is 2.39. The van der Waals surface area contributed by atoms with Crippen molar-refractivity contribution in [1.29, 1.82) is 0 Å². The first kappa shape index (κ1) is 12.9. The first-order valence-corrected chi connectivity index (χ1v) is 5.20. The standard InChI is InChI=1S/C10H18N2O4/c1-10(2,11)4-8(14)12-5-6(13)3-7(12)9(15)16/h6-7,13H,3-5,11H2,1-2H3,(H,15,16)/t6?,7-/m0/s1. The Morgan fingerprint density at radius 2 is 2.06 bits per heavy atom. The molecule has 6 heteroatoms. The Morgan fingerprint density at radius 3 is 2.50 bits per heavy atom. The molecule has 0 aromatic heterocycles. The van der Waals surface area contributed by atoms with E-state index in [0.717, 1.165) is 0 Å². The molecule has 16 heavy (non-hydrogen) atoms. The van der Waals surface area contributed by atoms with E-state index in [1.165, 1.54) is 4.90 Å². The van der Waals surface area contributed by atoms with Crippen LogP contribution in [0.4, 0.5) is 0 Å². The number of carbonyl (C=O) groups is 2. The highest BCUT2D eigenvalue weighted by Crippen LogP contribution is 2.20. The first-order chi connectivity index (χ1) is 7.20. The number of likely N-dealkylation sites (tertiary alicyclic amines) is 1. The van der Waals surface area contributed by atoms with E-state index in [9.17, 15) is 14.7 Å². The summed E-state index contributed by atoms with van der Waals surface area (Å²) in [5, 5.41) is 18.3. The van der Waals surface area contributed by atoms with Crippen molar-refractivity contribution in [3.8, 4) is 0 Å². The van der Waals surface area contributed by atoms with Crippen LogP contribution in [0.2, 0.25) is 0 Å². The molecule has 0 aromatic rings. The lowest BCUT2D eigenvalue weighted by molar-refractivity contribution is -0.148. The minimum Gasteiger partial charge on any atom is -0.480 e. The van der Waals surface area contributed by atoms with E-state index < -0.39 is 23.7 Å². The highest BCUT2D eigenvalue weighted by molar-refractivity contribution is 5.85. The van der Waals surface area contributed by atoms with E-state index in [0.29, 0.717) is 0 Å². The minimum atomic E-state index is -1.08. The summed E-state index contributed by atoms with van der Waals surface area (Å²) in [5.74, 6) is -1.41. The SMILES string of the molecule is CC(C)(N)CC(=O)N1CC(O)C[C@H]1C(=O)O. The molecule has 1 rings (SSSR count). The molecule has 1 saturated heterocycles. The summed E-state index contributed by atoms with van der Waals surface area (Å²) in [5.41, 5.74) is 5.03. The van der Waals surface area contributed by atoms with E-state index in [-0.39, 0.29) is 25.3 Å². The van der Waals surface area contributed by atoms with E-state index in [4.69, 9.17) is 10.8 Å². The van der Waals surface area contributed by atoms with Gasteiger partial charge < -0.3 is 20.8 Å². The summed E-state index contributed by atoms with van der Waals surface area (Å²) in [6.45, 7) is 3.48. The quantitative estimate of drug-likeness (QED) is 0.586. The lowest BCUT2D eigenvalue weighted by atomic mass is 10.0. The molecule has 0 aromatic carbocycles. The zero-order chi connectivity index (χ0) is 12.5. The Kier molecular flexibility index (Phi) is 3.54. The number of aliphatic hydroxyl groups is 1. The first-order valence-electron chi connectivity index (χ1n) is 5.20. The zero-order valence-electron chi connectivity index (χ0n) is 9.51. The Morgan fingerprint density at radius 1 is 1.50 bits per heavy atom. The second-order valence-electron chi connectivity index (χ2n) is 4.96. The zero-order valence-corrected chi connectivity index (χ0v) is 9.51. The molecule has 0 radical (unpaired) electrons. The molecule has 1 fully saturated rings. The molecule has 1 aliphatic rings. The Bertz CT molecular complexity index is 298. The van der Waals surface area contributed by atoms with Gasteiger partial charge in [-0.15, -0.1) is 0 Å². The van der Waals surface area contributed by atoms with Crippen LogP contribution in [0, 0.1) is 0 Å². The van der Waals surface area contributed by atoms with Crippen LogP contribution < -0.4 is 5.73 Å². The summed E-state index contributed by atoms with van der Waals surface area (Å²) < 4.78 is 0. The van der Waals surface area contributed by atoms with Crippen molar-refractivity contribution in [2.75, 3.05) is 6.54 Å². The molecule has 0 saturated carbocycles. The van der Waals surface area contributed by atoms with Gasteiger partial charge in [0.2, 0.25) is 5.91 Å². The van der Waals surface area contributed by atoms with Crippen LogP contribution in [-0.2, 0) is 9.59 Å². The van der Waals surface area contributed by atoms with Gasteiger partial charge >= 0.3 is 5.97 Å². The van der Waals surface area contributed by atoms with Gasteiger partial charge in [0, 0.05) is 24.9 Å². The molecule has 1 unspecified atom stereocenters. The topological polar surface area (TPSA) is 104 Å². The van der Waals surface area contributed by atoms with Gasteiger partial charge in [0.25, 0.3) is 0 Å². The molecular formula is C10H18N2O4. The van der Waals surface area contributed by atoms with Crippen molar-refractivity contribution >= 4 is 11.9 Å². The number of aliphatic hydroxyl groups excluding tert-OH is 1. The lowest BCUT2D eigenvalue weighted by Crippen LogP contribution is -2.45. The molecule has 0 aliphatic carbocycles. The maximum Gasteiger partial charge on any atom is 0.326 e. The van der Waals surface area contributed by atoms with Crippen molar-refractivity contribution in [1.82, 2.24) is 4.90 Å². The monoisotopic (exact) mass is 230 g/mol. The average molecular weight is 230 g/mol. The number of hydrogen-bond donors (Lipinski definition) is 3. The number of carboxylic acid groups (broad SMARTS) is 1. The summed E-state index contributed by atoms with van der Waals surface area (Å²) in [6, 6.07) is -0.926. The van der Waals surface area contributed by atoms with Crippen molar-refractivity contribution in [2.45, 2.75) is 44.4 Å². The largest absolute Gasteiger partial charge is 0.480 e. The van der Waals surface area contributed by atoms with Gasteiger partial charge in [-0.3, -0.25) is 4.79 Å². The second-order valence-corrected chi connectivity index (χ2v) is 4.96. The third-order valence-electron chi connectivity index (χ3n) is 2.49. The number of amides is 1. The third-order valence-corrected chi connectivity index (χ3v) is 2.49. The van der Waals surface area contributed by atoms with Crippen LogP contribution in [-0.4, -0.2) is 51.2 Å². The maximum absolute atomic E-state index is 11.8. The van der Waals surface area contributed by atoms with Crippen LogP contribution in [0.3, 0.4) is 0 Å². The highest BCUT2D eigenvalue weighted by atomic mass is 16.4. The number of carbonyl (C=O) groups excluding carboxylic acids is 1. The van der Waals surface area contributed by atoms with Gasteiger partial charge in [-0.1, -0.05) is 0 Å². The van der Waals surface area contributed by atoms with E-state index in [1.54, 1.807) is 13.8 Å². The Balaban J connectivity index is 2.71. The number of carboxylic acids is 1. The summed E-state index contributed by atoms with van der Waals surface area (Å²) in [7, 11) is 0. The summed E-state index contributed by atoms with van der Waals surface area (Å²) >= 11 is 0. The van der Waals surface area contributed by atoms with Crippen LogP contribution in [0.15, 0.2) is 0 Å². The van der Waals surface area contributed by atoms with Crippen LogP contribution in [0.1, 0.15) is 26.7 Å². The van der Waals surface area contributed by atoms with Crippen LogP contribution >= 0.6 is 0 Å². The van der Waals surface area contributed by atoms with Crippen molar-refractivity contribution in [3.63, 3.8) is 0 Å². The normalized spacial score (nSPS) is 25.9. The fraction of sp³-hybridized carbons (Fsp3) is 0.800. The molecule has 1 aliphatic heterocycles. The van der Waals surface area contributed by atoms with Crippen LogP contribution in [0.25, 0.3) is 0 Å². The van der Waals surface area contributed by atoms with Gasteiger partial charge in [0.05, 0.1) is 6.10 Å². The van der Waals surface area contributed by atoms with Crippen molar-refractivity contribution in [2.24, 2.45) is 5.73 Å². The van der Waals surface area contributed by atoms with Gasteiger partial charge in [0.15, 0.2) is 0 Å². The lowest BCUT2D eigenvalue weighted by Gasteiger charge is -2.25. The molecular weight excluding hydrogens is 212 g/mol. The van der Waals surface area contributed by atoms with E-state index in [1.807, 2.05) is 0 Å². The Hall–Kier alpha value is -1.14. The third kappa shape index (κ3) is 3.18. The van der Waals surface area contributed by atoms with Gasteiger partial charge in [-0.05, 0) is 13.8 Å². The molecule has 4 N–H and O–H groups in total. The average Bonchev–Trinajstić information content (AvgIpc) is 2.44. The number of β-amino-alcohol motifs (C(OH)–C–C–N with tert-alkyl or cyclic N) is 1. The molecule has 0 spiro atoms. The maximum atomic E-state index is 11.8. The molecule has 1 amide bonds. The summed E-state index contributed by atoms with van der Waals surface area (Å²) in [6.07, 6.45) is -0.596. The molecule has 0 bridgehead atoms. The number of nitrogens with zero attached hydrogens (tertiary/aromatic N) is 1. The smallest absolute Gasteiger partial charge is 0.326 e. The predicted octanol–water partition coefficient (Wildman–Crippen LogP) is -0.840. The van der Waals surface area contributed by atoms with Crippen molar-refractivity contribution in [3.05, 3.63) is 0 Å². The van der Waals surface area contributed by atoms with Gasteiger partial charge in [-0.2, -0.15) is 0 Å². The van der Waals surface area contributed by atoms with Crippen molar-refractivity contribution < 1.29 is 19.8 Å². The van der Waals surface area contributed by atoms with E-state index >= 15 is 0 Å². The number of aliphatic carboxylic acids is 1. The summed E-state index contributed by atoms with van der Waals surface area (Å²) in [4.78, 5) is 23.9. The van der Waals surface area contributed by atoms with Gasteiger partial charge in [-0.25, -0.2) is 4.79 Å². The number of hydrogen-bond acceptors (Lipinski definition) is 4. The number of nitrogens with two attached hydrogens (primary N) is 1. The molecule has 92 valence electrons. The predicted molar refractivity (Wildman–Crippen MR) is 56.6 cm³/mol. The Labute approximate surface area is 94.0 Å². The number of rotatable bonds is 3. The van der Waals surface area contributed by atoms with E-state index in [2.05, 4.69) is 0 Å². The molecule has 6 nitrogen and oxygen atoms in total. The minimum absolute atomic E-state index is 0.0729. The fourth-order valence-electron chi connectivity index (χ4n) is 1.81. The molecule has 2 atom stereocenters. The van der Waals surface area contributed by atoms with Gasteiger partial charge in [0.1, 0.15) is 6.04 Å². The molecule has 1 heterocycles. The second kappa shape index (κ2) is 4.39. The van der Waals surface area contributed by atoms with Crippen LogP contribution in [0.5, 0.6) is 0 Å².